The number of fused-ring (bicyclic) bond motifs is 1. The molecule has 2 heterocycles. The lowest BCUT2D eigenvalue weighted by molar-refractivity contribution is -0.127. The van der Waals surface area contributed by atoms with Gasteiger partial charge >= 0.3 is 0 Å². The van der Waals surface area contributed by atoms with E-state index in [1.807, 2.05) is 79.0 Å². The van der Waals surface area contributed by atoms with Gasteiger partial charge in [-0.05, 0) is 65.7 Å². The normalized spacial score (nSPS) is 14.6. The highest BCUT2D eigenvalue weighted by atomic mass is 35.5. The van der Waals surface area contributed by atoms with Gasteiger partial charge in [0.1, 0.15) is 6.54 Å². The van der Waals surface area contributed by atoms with Gasteiger partial charge in [-0.2, -0.15) is 0 Å². The highest BCUT2D eigenvalue weighted by molar-refractivity contribution is 8.18. The van der Waals surface area contributed by atoms with E-state index in [9.17, 15) is 14.4 Å². The average Bonchev–Trinajstić information content (AvgIpc) is 3.37. The Balaban J connectivity index is 1.34. The summed E-state index contributed by atoms with van der Waals surface area (Å²) in [6.45, 7) is 2.35. The van der Waals surface area contributed by atoms with Gasteiger partial charge in [0.25, 0.3) is 11.1 Å². The molecule has 186 valence electrons. The fraction of sp³-hybridized carbons (Fsp3) is 0.138. The van der Waals surface area contributed by atoms with Crippen LogP contribution in [0, 0.1) is 0 Å². The van der Waals surface area contributed by atoms with Gasteiger partial charge in [-0.1, -0.05) is 61.0 Å². The van der Waals surface area contributed by atoms with E-state index in [0.29, 0.717) is 22.2 Å². The molecule has 0 spiro atoms. The van der Waals surface area contributed by atoms with E-state index in [4.69, 9.17) is 11.6 Å². The van der Waals surface area contributed by atoms with Crippen molar-refractivity contribution in [2.24, 2.45) is 0 Å². The van der Waals surface area contributed by atoms with Crippen molar-refractivity contribution in [1.82, 2.24) is 9.47 Å². The topological polar surface area (TPSA) is 71.4 Å². The number of aryl methyl sites for hydroxylation is 1. The third kappa shape index (κ3) is 5.48. The number of benzene rings is 3. The van der Waals surface area contributed by atoms with E-state index in [1.54, 1.807) is 6.08 Å². The van der Waals surface area contributed by atoms with Gasteiger partial charge in [0.15, 0.2) is 0 Å². The minimum absolute atomic E-state index is 0.291. The van der Waals surface area contributed by atoms with E-state index in [-0.39, 0.29) is 6.54 Å². The van der Waals surface area contributed by atoms with Crippen molar-refractivity contribution < 1.29 is 14.4 Å². The minimum Gasteiger partial charge on any atom is -0.342 e. The first-order valence-corrected chi connectivity index (χ1v) is 13.1. The molecule has 6 nitrogen and oxygen atoms in total. The summed E-state index contributed by atoms with van der Waals surface area (Å²) in [5, 5.41) is 3.94. The SMILES string of the molecule is CCc1ccc(NC(=O)CN2C(=O)S/C(=C\c3cn(Cc4ccc(Cl)cc4)c4ccccc34)C2=O)cc1. The van der Waals surface area contributed by atoms with Crippen molar-refractivity contribution in [3.63, 3.8) is 0 Å². The molecule has 0 radical (unpaired) electrons. The number of amides is 3. The van der Waals surface area contributed by atoms with Crippen LogP contribution >= 0.6 is 23.4 Å². The summed E-state index contributed by atoms with van der Waals surface area (Å²) in [5.41, 5.74) is 4.71. The lowest BCUT2D eigenvalue weighted by Crippen LogP contribution is -2.36. The molecular formula is C29H24ClN3O3S. The fourth-order valence-electron chi connectivity index (χ4n) is 4.25. The summed E-state index contributed by atoms with van der Waals surface area (Å²) < 4.78 is 2.10. The smallest absolute Gasteiger partial charge is 0.294 e. The van der Waals surface area contributed by atoms with E-state index in [2.05, 4.69) is 16.8 Å². The lowest BCUT2D eigenvalue weighted by atomic mass is 10.1. The van der Waals surface area contributed by atoms with Crippen LogP contribution in [0.4, 0.5) is 10.5 Å². The van der Waals surface area contributed by atoms with Crippen molar-refractivity contribution in [3.05, 3.63) is 106 Å². The second-order valence-electron chi connectivity index (χ2n) is 8.72. The number of nitrogens with one attached hydrogen (secondary N) is 1. The number of aromatic nitrogens is 1. The van der Waals surface area contributed by atoms with Crippen LogP contribution in [0.15, 0.2) is 83.9 Å². The Kier molecular flexibility index (Phi) is 7.17. The molecule has 0 unspecified atom stereocenters. The summed E-state index contributed by atoms with van der Waals surface area (Å²) >= 11 is 6.87. The van der Waals surface area contributed by atoms with Crippen molar-refractivity contribution in [2.75, 3.05) is 11.9 Å². The van der Waals surface area contributed by atoms with Gasteiger partial charge < -0.3 is 9.88 Å². The molecule has 0 atom stereocenters. The summed E-state index contributed by atoms with van der Waals surface area (Å²) in [7, 11) is 0. The number of nitrogens with zero attached hydrogens (tertiary/aromatic N) is 2. The van der Waals surface area contributed by atoms with E-state index in [1.165, 1.54) is 0 Å². The van der Waals surface area contributed by atoms with Crippen LogP contribution in [0.1, 0.15) is 23.6 Å². The number of carbonyl (C=O) groups excluding carboxylic acids is 3. The number of para-hydroxylation sites is 1. The predicted octanol–water partition coefficient (Wildman–Crippen LogP) is 6.58. The Labute approximate surface area is 223 Å². The lowest BCUT2D eigenvalue weighted by Gasteiger charge is -2.12. The van der Waals surface area contributed by atoms with Crippen LogP contribution in [0.25, 0.3) is 17.0 Å². The molecule has 8 heteroatoms. The molecule has 37 heavy (non-hydrogen) atoms. The first-order chi connectivity index (χ1) is 17.9. The second-order valence-corrected chi connectivity index (χ2v) is 10.2. The third-order valence-corrected chi connectivity index (χ3v) is 7.35. The van der Waals surface area contributed by atoms with E-state index >= 15 is 0 Å². The maximum Gasteiger partial charge on any atom is 0.294 e. The molecular weight excluding hydrogens is 506 g/mol. The van der Waals surface area contributed by atoms with Crippen LogP contribution in [0.5, 0.6) is 0 Å². The zero-order valence-corrected chi connectivity index (χ0v) is 21.7. The van der Waals surface area contributed by atoms with E-state index < -0.39 is 17.1 Å². The van der Waals surface area contributed by atoms with Crippen molar-refractivity contribution in [2.45, 2.75) is 19.9 Å². The number of imide groups is 1. The summed E-state index contributed by atoms with van der Waals surface area (Å²) in [5.74, 6) is -0.895. The third-order valence-electron chi connectivity index (χ3n) is 6.19. The summed E-state index contributed by atoms with van der Waals surface area (Å²) in [6.07, 6.45) is 4.60. The van der Waals surface area contributed by atoms with Crippen LogP contribution in [-0.2, 0) is 22.6 Å². The molecule has 0 bridgehead atoms. The van der Waals surface area contributed by atoms with Crippen molar-refractivity contribution in [3.8, 4) is 0 Å². The highest BCUT2D eigenvalue weighted by Gasteiger charge is 2.36. The van der Waals surface area contributed by atoms with Crippen LogP contribution in [-0.4, -0.2) is 33.1 Å². The number of hydrogen-bond acceptors (Lipinski definition) is 4. The van der Waals surface area contributed by atoms with Gasteiger partial charge in [-0.25, -0.2) is 0 Å². The fourth-order valence-corrected chi connectivity index (χ4v) is 5.21. The Morgan fingerprint density at radius 1 is 0.973 bits per heavy atom. The molecule has 3 aromatic carbocycles. The Bertz CT molecular complexity index is 1520. The molecule has 0 saturated carbocycles. The first-order valence-electron chi connectivity index (χ1n) is 11.9. The number of thioether (sulfide) groups is 1. The summed E-state index contributed by atoms with van der Waals surface area (Å²) in [4.78, 5) is 39.5. The largest absolute Gasteiger partial charge is 0.342 e. The zero-order chi connectivity index (χ0) is 25.9. The minimum atomic E-state index is -0.471. The van der Waals surface area contributed by atoms with Crippen LogP contribution < -0.4 is 5.32 Å². The molecule has 1 saturated heterocycles. The quantitative estimate of drug-likeness (QED) is 0.274. The molecule has 1 aliphatic rings. The molecule has 5 rings (SSSR count). The van der Waals surface area contributed by atoms with Gasteiger partial charge in [-0.15, -0.1) is 0 Å². The molecule has 1 aliphatic heterocycles. The zero-order valence-electron chi connectivity index (χ0n) is 20.1. The predicted molar refractivity (Wildman–Crippen MR) is 150 cm³/mol. The first kappa shape index (κ1) is 24.9. The Morgan fingerprint density at radius 2 is 1.68 bits per heavy atom. The standard InChI is InChI=1S/C29H24ClN3O3S/c1-2-19-9-13-23(14-10-19)31-27(34)18-33-28(35)26(37-29(33)36)15-21-17-32(25-6-4-3-5-24(21)25)16-20-7-11-22(30)12-8-20/h3-15,17H,2,16,18H2,1H3,(H,31,34)/b26-15-. The van der Waals surface area contributed by atoms with Crippen molar-refractivity contribution >= 4 is 63.1 Å². The van der Waals surface area contributed by atoms with Crippen LogP contribution in [0.2, 0.25) is 5.02 Å². The average molecular weight is 530 g/mol. The number of halogens is 1. The van der Waals surface area contributed by atoms with Gasteiger partial charge in [-0.3, -0.25) is 19.3 Å². The van der Waals surface area contributed by atoms with Crippen molar-refractivity contribution in [1.29, 1.82) is 0 Å². The van der Waals surface area contributed by atoms with Gasteiger partial charge in [0, 0.05) is 39.9 Å². The number of anilines is 1. The Hall–Kier alpha value is -3.81. The van der Waals surface area contributed by atoms with E-state index in [0.717, 1.165) is 50.7 Å². The number of rotatable bonds is 7. The number of hydrogen-bond donors (Lipinski definition) is 1. The number of carbonyl (C=O) groups is 3. The Morgan fingerprint density at radius 3 is 2.41 bits per heavy atom. The maximum atomic E-state index is 13.1. The van der Waals surface area contributed by atoms with Gasteiger partial charge in [0.05, 0.1) is 4.91 Å². The maximum absolute atomic E-state index is 13.1. The molecule has 1 N–H and O–H groups in total. The van der Waals surface area contributed by atoms with Gasteiger partial charge in [0.2, 0.25) is 5.91 Å². The molecule has 1 fully saturated rings. The monoisotopic (exact) mass is 529 g/mol. The highest BCUT2D eigenvalue weighted by Crippen LogP contribution is 2.34. The molecule has 3 amide bonds. The molecule has 1 aromatic heterocycles. The van der Waals surface area contributed by atoms with Crippen LogP contribution in [0.3, 0.4) is 0 Å². The summed E-state index contributed by atoms with van der Waals surface area (Å²) in [6, 6.07) is 23.1. The molecule has 4 aromatic rings. The second kappa shape index (κ2) is 10.7. The molecule has 0 aliphatic carbocycles.